The second-order valence-corrected chi connectivity index (χ2v) is 4.31. The fraction of sp³-hybridized carbons (Fsp3) is 0.462. The molecular weight excluding hydrogens is 240 g/mol. The van der Waals surface area contributed by atoms with E-state index in [-0.39, 0.29) is 6.42 Å². The number of carbonyl (C=O) groups is 1. The van der Waals surface area contributed by atoms with Crippen LogP contribution in [0.2, 0.25) is 5.02 Å². The minimum Gasteiger partial charge on any atom is -0.466 e. The summed E-state index contributed by atoms with van der Waals surface area (Å²) in [7, 11) is 0. The molecule has 0 fully saturated rings. The van der Waals surface area contributed by atoms with Gasteiger partial charge in [0.05, 0.1) is 18.6 Å². The van der Waals surface area contributed by atoms with E-state index in [0.717, 1.165) is 0 Å². The van der Waals surface area contributed by atoms with Crippen LogP contribution in [-0.2, 0) is 15.1 Å². The van der Waals surface area contributed by atoms with Crippen molar-refractivity contribution < 1.29 is 14.6 Å². The number of hydrogen-bond donors (Lipinski definition) is 1. The number of rotatable bonds is 5. The first-order chi connectivity index (χ1) is 8.01. The van der Waals surface area contributed by atoms with E-state index >= 15 is 0 Å². The third-order valence-electron chi connectivity index (χ3n) is 2.71. The number of aliphatic hydroxyl groups is 1. The average molecular weight is 257 g/mol. The molecule has 0 heterocycles. The highest BCUT2D eigenvalue weighted by Crippen LogP contribution is 2.29. The van der Waals surface area contributed by atoms with Gasteiger partial charge >= 0.3 is 5.97 Å². The Bertz CT molecular complexity index is 375. The molecule has 1 aromatic carbocycles. The predicted molar refractivity (Wildman–Crippen MR) is 66.9 cm³/mol. The molecule has 1 aromatic rings. The van der Waals surface area contributed by atoms with E-state index in [4.69, 9.17) is 16.3 Å². The standard InChI is InChI=1S/C13H17ClO3/c1-3-13(16,9-12(15)17-4-2)10-5-7-11(14)8-6-10/h5-8,16H,3-4,9H2,1-2H3. The fourth-order valence-corrected chi connectivity index (χ4v) is 1.77. The van der Waals surface area contributed by atoms with Crippen LogP contribution in [0.25, 0.3) is 0 Å². The summed E-state index contributed by atoms with van der Waals surface area (Å²) in [5.41, 5.74) is -0.505. The first-order valence-corrected chi connectivity index (χ1v) is 6.03. The third kappa shape index (κ3) is 3.72. The third-order valence-corrected chi connectivity index (χ3v) is 2.96. The van der Waals surface area contributed by atoms with Crippen LogP contribution in [0.4, 0.5) is 0 Å². The smallest absolute Gasteiger partial charge is 0.309 e. The molecule has 1 atom stereocenters. The number of carbonyl (C=O) groups excluding carboxylic acids is 1. The topological polar surface area (TPSA) is 46.5 Å². The fourth-order valence-electron chi connectivity index (χ4n) is 1.64. The number of benzene rings is 1. The van der Waals surface area contributed by atoms with Crippen molar-refractivity contribution in [2.45, 2.75) is 32.3 Å². The molecule has 17 heavy (non-hydrogen) atoms. The SMILES string of the molecule is CCOC(=O)CC(O)(CC)c1ccc(Cl)cc1. The quantitative estimate of drug-likeness (QED) is 0.824. The number of halogens is 1. The van der Waals surface area contributed by atoms with Gasteiger partial charge in [0.1, 0.15) is 0 Å². The van der Waals surface area contributed by atoms with Gasteiger partial charge < -0.3 is 9.84 Å². The van der Waals surface area contributed by atoms with E-state index in [1.165, 1.54) is 0 Å². The molecule has 0 spiro atoms. The lowest BCUT2D eigenvalue weighted by atomic mass is 9.88. The maximum absolute atomic E-state index is 11.4. The maximum Gasteiger partial charge on any atom is 0.309 e. The zero-order valence-electron chi connectivity index (χ0n) is 10.1. The van der Waals surface area contributed by atoms with E-state index in [1.807, 2.05) is 6.92 Å². The molecule has 94 valence electrons. The van der Waals surface area contributed by atoms with Crippen LogP contribution < -0.4 is 0 Å². The van der Waals surface area contributed by atoms with Crippen molar-refractivity contribution in [1.82, 2.24) is 0 Å². The highest BCUT2D eigenvalue weighted by molar-refractivity contribution is 6.30. The zero-order chi connectivity index (χ0) is 12.9. The normalized spacial score (nSPS) is 14.1. The maximum atomic E-state index is 11.4. The lowest BCUT2D eigenvalue weighted by molar-refractivity contribution is -0.149. The lowest BCUT2D eigenvalue weighted by Gasteiger charge is -2.26. The molecule has 0 aliphatic carbocycles. The van der Waals surface area contributed by atoms with Crippen LogP contribution in [0, 0.1) is 0 Å². The summed E-state index contributed by atoms with van der Waals surface area (Å²) in [6.45, 7) is 3.89. The van der Waals surface area contributed by atoms with Crippen molar-refractivity contribution in [3.63, 3.8) is 0 Å². The first-order valence-electron chi connectivity index (χ1n) is 5.66. The molecule has 0 aliphatic rings. The van der Waals surface area contributed by atoms with Crippen molar-refractivity contribution in [3.05, 3.63) is 34.9 Å². The molecule has 0 bridgehead atoms. The van der Waals surface area contributed by atoms with Crippen molar-refractivity contribution in [1.29, 1.82) is 0 Å². The Morgan fingerprint density at radius 1 is 1.35 bits per heavy atom. The van der Waals surface area contributed by atoms with Gasteiger partial charge in [-0.1, -0.05) is 30.7 Å². The van der Waals surface area contributed by atoms with Gasteiger partial charge in [0.2, 0.25) is 0 Å². The number of esters is 1. The molecule has 0 radical (unpaired) electrons. The van der Waals surface area contributed by atoms with Crippen LogP contribution in [0.3, 0.4) is 0 Å². The van der Waals surface area contributed by atoms with E-state index in [1.54, 1.807) is 31.2 Å². The van der Waals surface area contributed by atoms with Crippen LogP contribution in [0.1, 0.15) is 32.3 Å². The van der Waals surface area contributed by atoms with Gasteiger partial charge in [0.25, 0.3) is 0 Å². The van der Waals surface area contributed by atoms with Gasteiger partial charge in [-0.3, -0.25) is 4.79 Å². The number of hydrogen-bond acceptors (Lipinski definition) is 3. The van der Waals surface area contributed by atoms with Gasteiger partial charge in [-0.05, 0) is 31.0 Å². The van der Waals surface area contributed by atoms with Gasteiger partial charge in [-0.15, -0.1) is 0 Å². The Kier molecular flexibility index (Phi) is 4.97. The summed E-state index contributed by atoms with van der Waals surface area (Å²) >= 11 is 5.79. The summed E-state index contributed by atoms with van der Waals surface area (Å²) in [5, 5.41) is 11.0. The van der Waals surface area contributed by atoms with Crippen molar-refractivity contribution in [3.8, 4) is 0 Å². The second kappa shape index (κ2) is 6.03. The second-order valence-electron chi connectivity index (χ2n) is 3.87. The molecule has 0 saturated carbocycles. The Balaban J connectivity index is 2.87. The summed E-state index contributed by atoms with van der Waals surface area (Å²) in [6, 6.07) is 6.85. The van der Waals surface area contributed by atoms with Crippen LogP contribution >= 0.6 is 11.6 Å². The van der Waals surface area contributed by atoms with Gasteiger partial charge in [0.15, 0.2) is 0 Å². The zero-order valence-corrected chi connectivity index (χ0v) is 10.8. The molecular formula is C13H17ClO3. The highest BCUT2D eigenvalue weighted by atomic mass is 35.5. The Labute approximate surface area is 106 Å². The van der Waals surface area contributed by atoms with Gasteiger partial charge in [0, 0.05) is 5.02 Å². The Morgan fingerprint density at radius 2 is 1.94 bits per heavy atom. The summed E-state index contributed by atoms with van der Waals surface area (Å²) in [4.78, 5) is 11.4. The summed E-state index contributed by atoms with van der Waals surface area (Å²) in [6.07, 6.45) is 0.395. The van der Waals surface area contributed by atoms with E-state index < -0.39 is 11.6 Å². The number of ether oxygens (including phenoxy) is 1. The largest absolute Gasteiger partial charge is 0.466 e. The van der Waals surface area contributed by atoms with E-state index in [0.29, 0.717) is 23.6 Å². The summed E-state index contributed by atoms with van der Waals surface area (Å²) in [5.74, 6) is -0.396. The molecule has 0 amide bonds. The van der Waals surface area contributed by atoms with E-state index in [9.17, 15) is 9.90 Å². The predicted octanol–water partition coefficient (Wildman–Crippen LogP) is 2.89. The lowest BCUT2D eigenvalue weighted by Crippen LogP contribution is -2.29. The summed E-state index contributed by atoms with van der Waals surface area (Å²) < 4.78 is 4.86. The highest BCUT2D eigenvalue weighted by Gasteiger charge is 2.30. The Hall–Kier alpha value is -1.06. The van der Waals surface area contributed by atoms with Gasteiger partial charge in [-0.2, -0.15) is 0 Å². The molecule has 1 N–H and O–H groups in total. The molecule has 1 rings (SSSR count). The van der Waals surface area contributed by atoms with Crippen LogP contribution in [0.15, 0.2) is 24.3 Å². The van der Waals surface area contributed by atoms with Crippen molar-refractivity contribution >= 4 is 17.6 Å². The molecule has 0 saturated heterocycles. The Morgan fingerprint density at radius 3 is 2.41 bits per heavy atom. The molecule has 0 aliphatic heterocycles. The van der Waals surface area contributed by atoms with Crippen LogP contribution in [0.5, 0.6) is 0 Å². The molecule has 1 unspecified atom stereocenters. The average Bonchev–Trinajstić information content (AvgIpc) is 2.30. The molecule has 3 nitrogen and oxygen atoms in total. The van der Waals surface area contributed by atoms with Crippen molar-refractivity contribution in [2.75, 3.05) is 6.61 Å². The van der Waals surface area contributed by atoms with Gasteiger partial charge in [-0.25, -0.2) is 0 Å². The molecule has 4 heteroatoms. The monoisotopic (exact) mass is 256 g/mol. The minimum atomic E-state index is -1.18. The van der Waals surface area contributed by atoms with Crippen molar-refractivity contribution in [2.24, 2.45) is 0 Å². The minimum absolute atomic E-state index is 0.0427. The van der Waals surface area contributed by atoms with E-state index in [2.05, 4.69) is 0 Å². The van der Waals surface area contributed by atoms with Crippen LogP contribution in [-0.4, -0.2) is 17.7 Å². The molecule has 0 aromatic heterocycles. The first kappa shape index (κ1) is 14.0.